The fraction of sp³-hybridized carbons (Fsp3) is 0.267. The van der Waals surface area contributed by atoms with E-state index in [1.165, 1.54) is 37.6 Å². The summed E-state index contributed by atoms with van der Waals surface area (Å²) >= 11 is 0. The SMILES string of the molecule is COC(=O)CCc1ccc(/C(Nc2ccc(CN3CCCC3)cc2)=C2/C(=O)Nc3cc(F)ccc32)cc1. The van der Waals surface area contributed by atoms with Crippen LogP contribution in [0.25, 0.3) is 11.3 Å². The number of nitrogens with one attached hydrogen (secondary N) is 2. The van der Waals surface area contributed by atoms with Crippen LogP contribution in [0.4, 0.5) is 15.8 Å². The van der Waals surface area contributed by atoms with Crippen LogP contribution in [0.2, 0.25) is 0 Å². The van der Waals surface area contributed by atoms with Gasteiger partial charge in [0.1, 0.15) is 5.82 Å². The molecule has 2 aliphatic rings. The van der Waals surface area contributed by atoms with Gasteiger partial charge in [0, 0.05) is 24.2 Å². The van der Waals surface area contributed by atoms with Crippen molar-refractivity contribution < 1.29 is 18.7 Å². The first-order chi connectivity index (χ1) is 18.0. The lowest BCUT2D eigenvalue weighted by Gasteiger charge is -2.17. The zero-order valence-corrected chi connectivity index (χ0v) is 20.9. The summed E-state index contributed by atoms with van der Waals surface area (Å²) in [4.78, 5) is 27.1. The van der Waals surface area contributed by atoms with Crippen LogP contribution in [0.5, 0.6) is 0 Å². The fourth-order valence-corrected chi connectivity index (χ4v) is 4.90. The predicted molar refractivity (Wildman–Crippen MR) is 143 cm³/mol. The van der Waals surface area contributed by atoms with E-state index < -0.39 is 5.82 Å². The highest BCUT2D eigenvalue weighted by molar-refractivity contribution is 6.37. The molecule has 7 heteroatoms. The molecule has 2 aliphatic heterocycles. The smallest absolute Gasteiger partial charge is 0.305 e. The highest BCUT2D eigenvalue weighted by Crippen LogP contribution is 2.38. The maximum absolute atomic E-state index is 13.9. The minimum Gasteiger partial charge on any atom is -0.469 e. The van der Waals surface area contributed by atoms with Gasteiger partial charge in [0.05, 0.1) is 24.1 Å². The Hall–Kier alpha value is -3.97. The Balaban J connectivity index is 1.46. The summed E-state index contributed by atoms with van der Waals surface area (Å²) in [6.45, 7) is 3.21. The molecule has 3 aromatic rings. The Kier molecular flexibility index (Phi) is 7.32. The summed E-state index contributed by atoms with van der Waals surface area (Å²) in [5, 5.41) is 6.25. The Labute approximate surface area is 216 Å². The zero-order valence-electron chi connectivity index (χ0n) is 20.9. The molecule has 0 atom stereocenters. The number of fused-ring (bicyclic) bond motifs is 1. The lowest BCUT2D eigenvalue weighted by atomic mass is 9.98. The molecule has 6 nitrogen and oxygen atoms in total. The summed E-state index contributed by atoms with van der Waals surface area (Å²) < 4.78 is 18.6. The van der Waals surface area contributed by atoms with E-state index in [9.17, 15) is 14.0 Å². The number of halogens is 1. The number of esters is 1. The minimum atomic E-state index is -0.404. The van der Waals surface area contributed by atoms with E-state index >= 15 is 0 Å². The largest absolute Gasteiger partial charge is 0.469 e. The van der Waals surface area contributed by atoms with Crippen molar-refractivity contribution in [1.82, 2.24) is 4.90 Å². The van der Waals surface area contributed by atoms with Crippen LogP contribution in [0.3, 0.4) is 0 Å². The van der Waals surface area contributed by atoms with Gasteiger partial charge < -0.3 is 15.4 Å². The molecule has 0 aliphatic carbocycles. The number of rotatable bonds is 8. The third kappa shape index (κ3) is 5.73. The second-order valence-corrected chi connectivity index (χ2v) is 9.47. The molecular weight excluding hydrogens is 469 g/mol. The molecule has 1 amide bonds. The Morgan fingerprint density at radius 2 is 1.70 bits per heavy atom. The molecular formula is C30H30FN3O3. The Bertz CT molecular complexity index is 1330. The lowest BCUT2D eigenvalue weighted by Crippen LogP contribution is -2.18. The van der Waals surface area contributed by atoms with Crippen molar-refractivity contribution in [3.63, 3.8) is 0 Å². The van der Waals surface area contributed by atoms with Crippen molar-refractivity contribution in [2.24, 2.45) is 0 Å². The molecule has 2 heterocycles. The lowest BCUT2D eigenvalue weighted by molar-refractivity contribution is -0.140. The second-order valence-electron chi connectivity index (χ2n) is 9.47. The van der Waals surface area contributed by atoms with Gasteiger partial charge in [0.15, 0.2) is 0 Å². The molecule has 3 aromatic carbocycles. The monoisotopic (exact) mass is 499 g/mol. The van der Waals surface area contributed by atoms with E-state index in [1.807, 2.05) is 36.4 Å². The van der Waals surface area contributed by atoms with Gasteiger partial charge in [-0.05, 0) is 79.4 Å². The van der Waals surface area contributed by atoms with Crippen LogP contribution in [-0.2, 0) is 27.3 Å². The minimum absolute atomic E-state index is 0.256. The quantitative estimate of drug-likeness (QED) is 0.318. The van der Waals surface area contributed by atoms with E-state index in [2.05, 4.69) is 27.7 Å². The van der Waals surface area contributed by atoms with Crippen LogP contribution in [-0.4, -0.2) is 37.0 Å². The van der Waals surface area contributed by atoms with Crippen LogP contribution < -0.4 is 10.6 Å². The van der Waals surface area contributed by atoms with Crippen LogP contribution in [0, 0.1) is 5.82 Å². The number of methoxy groups -OCH3 is 1. The number of carbonyl (C=O) groups excluding carboxylic acids is 2. The number of aryl methyl sites for hydroxylation is 1. The van der Waals surface area contributed by atoms with Crippen molar-refractivity contribution in [2.45, 2.75) is 32.2 Å². The van der Waals surface area contributed by atoms with E-state index in [0.29, 0.717) is 35.4 Å². The predicted octanol–water partition coefficient (Wildman–Crippen LogP) is 5.46. The first kappa shape index (κ1) is 24.7. The van der Waals surface area contributed by atoms with E-state index in [-0.39, 0.29) is 11.9 Å². The normalized spacial score (nSPS) is 16.3. The average molecular weight is 500 g/mol. The number of ether oxygens (including phenoxy) is 1. The van der Waals surface area contributed by atoms with Gasteiger partial charge in [-0.3, -0.25) is 14.5 Å². The molecule has 5 rings (SSSR count). The zero-order chi connectivity index (χ0) is 25.8. The van der Waals surface area contributed by atoms with Gasteiger partial charge in [0.2, 0.25) is 0 Å². The van der Waals surface area contributed by atoms with Gasteiger partial charge in [0.25, 0.3) is 5.91 Å². The first-order valence-corrected chi connectivity index (χ1v) is 12.6. The standard InChI is InChI=1S/C30H30FN3O3/c1-37-27(35)15-8-20-4-9-22(10-5-20)29(28-25-14-11-23(31)18-26(25)33-30(28)36)32-24-12-6-21(7-13-24)19-34-16-2-3-17-34/h4-7,9-14,18,32H,2-3,8,15-17,19H2,1H3,(H,33,36)/b29-28-. The highest BCUT2D eigenvalue weighted by Gasteiger charge is 2.29. The summed E-state index contributed by atoms with van der Waals surface area (Å²) in [5.74, 6) is -0.949. The van der Waals surface area contributed by atoms with Crippen molar-refractivity contribution in [3.05, 3.63) is 94.8 Å². The van der Waals surface area contributed by atoms with Crippen LogP contribution in [0.1, 0.15) is 41.5 Å². The third-order valence-electron chi connectivity index (χ3n) is 6.89. The molecule has 0 saturated carbocycles. The second kappa shape index (κ2) is 11.0. The molecule has 2 N–H and O–H groups in total. The summed E-state index contributed by atoms with van der Waals surface area (Å²) in [6.07, 6.45) is 3.37. The maximum atomic E-state index is 13.9. The van der Waals surface area contributed by atoms with Gasteiger partial charge in [-0.15, -0.1) is 0 Å². The number of benzene rings is 3. The number of hydrogen-bond donors (Lipinski definition) is 2. The molecule has 37 heavy (non-hydrogen) atoms. The highest BCUT2D eigenvalue weighted by atomic mass is 19.1. The number of amides is 1. The topological polar surface area (TPSA) is 70.7 Å². The number of carbonyl (C=O) groups is 2. The fourth-order valence-electron chi connectivity index (χ4n) is 4.90. The Morgan fingerprint density at radius 3 is 2.41 bits per heavy atom. The molecule has 0 spiro atoms. The van der Waals surface area contributed by atoms with Crippen molar-refractivity contribution in [1.29, 1.82) is 0 Å². The molecule has 1 fully saturated rings. The molecule has 0 aromatic heterocycles. The maximum Gasteiger partial charge on any atom is 0.305 e. The number of hydrogen-bond acceptors (Lipinski definition) is 5. The Morgan fingerprint density at radius 1 is 1.00 bits per heavy atom. The molecule has 0 radical (unpaired) electrons. The van der Waals surface area contributed by atoms with Crippen molar-refractivity contribution in [2.75, 3.05) is 30.8 Å². The van der Waals surface area contributed by atoms with Gasteiger partial charge in [-0.2, -0.15) is 0 Å². The molecule has 190 valence electrons. The summed E-state index contributed by atoms with van der Waals surface area (Å²) in [5.41, 5.74) is 6.09. The van der Waals surface area contributed by atoms with Crippen LogP contribution >= 0.6 is 0 Å². The molecule has 0 unspecified atom stereocenters. The average Bonchev–Trinajstić information content (AvgIpc) is 3.53. The first-order valence-electron chi connectivity index (χ1n) is 12.6. The summed E-state index contributed by atoms with van der Waals surface area (Å²) in [7, 11) is 1.38. The van der Waals surface area contributed by atoms with E-state index in [4.69, 9.17) is 4.74 Å². The molecule has 1 saturated heterocycles. The number of likely N-dealkylation sites (tertiary alicyclic amines) is 1. The summed E-state index contributed by atoms with van der Waals surface area (Å²) in [6, 6.07) is 20.3. The van der Waals surface area contributed by atoms with Gasteiger partial charge >= 0.3 is 5.97 Å². The van der Waals surface area contributed by atoms with E-state index in [1.54, 1.807) is 6.07 Å². The van der Waals surface area contributed by atoms with Gasteiger partial charge in [-0.1, -0.05) is 36.4 Å². The van der Waals surface area contributed by atoms with E-state index in [0.717, 1.165) is 36.4 Å². The van der Waals surface area contributed by atoms with Crippen molar-refractivity contribution in [3.8, 4) is 0 Å². The van der Waals surface area contributed by atoms with Crippen LogP contribution in [0.15, 0.2) is 66.7 Å². The molecule has 0 bridgehead atoms. The van der Waals surface area contributed by atoms with Gasteiger partial charge in [-0.25, -0.2) is 4.39 Å². The number of anilines is 2. The third-order valence-corrected chi connectivity index (χ3v) is 6.89. The van der Waals surface area contributed by atoms with Crippen molar-refractivity contribution >= 4 is 34.5 Å². The number of nitrogens with zero attached hydrogens (tertiary/aromatic N) is 1.